The summed E-state index contributed by atoms with van der Waals surface area (Å²) in [6, 6.07) is 10.2. The molecule has 3 aliphatic rings. The fourth-order valence-corrected chi connectivity index (χ4v) is 6.42. The number of carbonyl (C=O) groups excluding carboxylic acids is 1. The molecule has 1 aromatic carbocycles. The van der Waals surface area contributed by atoms with Crippen molar-refractivity contribution < 1.29 is 15.0 Å². The van der Waals surface area contributed by atoms with E-state index in [0.29, 0.717) is 12.3 Å². The Morgan fingerprint density at radius 2 is 1.88 bits per heavy atom. The summed E-state index contributed by atoms with van der Waals surface area (Å²) < 4.78 is 0. The number of benzene rings is 1. The number of hydrogen-bond acceptors (Lipinski definition) is 3. The zero-order valence-electron chi connectivity index (χ0n) is 19.7. The monoisotopic (exact) mass is 435 g/mol. The first kappa shape index (κ1) is 23.0. The number of hydrogen-bond donors (Lipinski definition) is 3. The standard InChI is InChI=1S/C28H37NO3/c1-18-9-8-12-22-15-19(2)20(3)25-23(16-21-10-6-5-7-11-21)29-26(31)28(22,25)24(30)13-14-27(4,32)17-18/h5-8,10-15,18,20,22-25,30,32H,9,16-17H2,1-4H3,(H,29,31)/b12-8+,14-13+/t18-,20+,22-,23-,24+,25-,27-,28+/m0/s1. The molecule has 4 rings (SSSR count). The highest BCUT2D eigenvalue weighted by molar-refractivity contribution is 5.88. The first-order chi connectivity index (χ1) is 15.1. The summed E-state index contributed by atoms with van der Waals surface area (Å²) in [5, 5.41) is 25.8. The lowest BCUT2D eigenvalue weighted by Gasteiger charge is -2.47. The number of amides is 1. The molecule has 0 bridgehead atoms. The van der Waals surface area contributed by atoms with Crippen LogP contribution in [0.4, 0.5) is 0 Å². The first-order valence-corrected chi connectivity index (χ1v) is 11.9. The first-order valence-electron chi connectivity index (χ1n) is 11.9. The van der Waals surface area contributed by atoms with Gasteiger partial charge in [0.15, 0.2) is 0 Å². The Labute approximate surface area is 192 Å². The van der Waals surface area contributed by atoms with Crippen molar-refractivity contribution in [2.24, 2.45) is 29.1 Å². The third-order valence-corrected chi connectivity index (χ3v) is 8.01. The van der Waals surface area contributed by atoms with Crippen LogP contribution in [-0.4, -0.2) is 33.9 Å². The molecule has 0 unspecified atom stereocenters. The molecule has 0 radical (unpaired) electrons. The molecule has 4 nitrogen and oxygen atoms in total. The van der Waals surface area contributed by atoms with Crippen LogP contribution in [-0.2, 0) is 11.2 Å². The van der Waals surface area contributed by atoms with Crippen LogP contribution in [0.15, 0.2) is 66.3 Å². The lowest BCUT2D eigenvalue weighted by atomic mass is 9.54. The molecule has 1 amide bonds. The average molecular weight is 436 g/mol. The second kappa shape index (κ2) is 8.64. The van der Waals surface area contributed by atoms with Crippen LogP contribution in [0.2, 0.25) is 0 Å². The van der Waals surface area contributed by atoms with Crippen LogP contribution >= 0.6 is 0 Å². The van der Waals surface area contributed by atoms with Crippen LogP contribution < -0.4 is 5.32 Å². The molecule has 1 fully saturated rings. The molecule has 32 heavy (non-hydrogen) atoms. The van der Waals surface area contributed by atoms with Crippen molar-refractivity contribution in [3.63, 3.8) is 0 Å². The van der Waals surface area contributed by atoms with Crippen molar-refractivity contribution in [3.8, 4) is 0 Å². The molecule has 3 N–H and O–H groups in total. The molecule has 8 atom stereocenters. The van der Waals surface area contributed by atoms with E-state index in [1.165, 1.54) is 11.1 Å². The van der Waals surface area contributed by atoms with Crippen molar-refractivity contribution in [2.75, 3.05) is 0 Å². The minimum absolute atomic E-state index is 0.0577. The number of rotatable bonds is 2. The van der Waals surface area contributed by atoms with E-state index in [1.54, 1.807) is 19.1 Å². The van der Waals surface area contributed by atoms with Crippen molar-refractivity contribution in [1.29, 1.82) is 0 Å². The highest BCUT2D eigenvalue weighted by atomic mass is 16.3. The molecule has 1 spiro atoms. The second-order valence-corrected chi connectivity index (χ2v) is 10.6. The van der Waals surface area contributed by atoms with Crippen LogP contribution in [0, 0.1) is 29.1 Å². The quantitative estimate of drug-likeness (QED) is 0.610. The van der Waals surface area contributed by atoms with E-state index in [-0.39, 0.29) is 29.7 Å². The van der Waals surface area contributed by atoms with E-state index in [9.17, 15) is 15.0 Å². The topological polar surface area (TPSA) is 69.6 Å². The van der Waals surface area contributed by atoms with Gasteiger partial charge in [-0.1, -0.05) is 80.1 Å². The molecule has 0 aromatic heterocycles. The molecule has 1 aromatic rings. The molecule has 1 heterocycles. The fourth-order valence-electron chi connectivity index (χ4n) is 6.42. The van der Waals surface area contributed by atoms with Gasteiger partial charge in [-0.25, -0.2) is 0 Å². The van der Waals surface area contributed by atoms with Gasteiger partial charge < -0.3 is 15.5 Å². The van der Waals surface area contributed by atoms with Gasteiger partial charge in [0.1, 0.15) is 0 Å². The minimum atomic E-state index is -1.02. The molecule has 4 heteroatoms. The van der Waals surface area contributed by atoms with E-state index in [1.807, 2.05) is 18.2 Å². The predicted octanol–water partition coefficient (Wildman–Crippen LogP) is 4.20. The van der Waals surface area contributed by atoms with Gasteiger partial charge in [-0.2, -0.15) is 0 Å². The third kappa shape index (κ3) is 3.99. The van der Waals surface area contributed by atoms with Gasteiger partial charge in [-0.05, 0) is 50.5 Å². The van der Waals surface area contributed by atoms with Crippen LogP contribution in [0.25, 0.3) is 0 Å². The third-order valence-electron chi connectivity index (χ3n) is 8.01. The molecule has 1 saturated heterocycles. The van der Waals surface area contributed by atoms with Crippen molar-refractivity contribution in [2.45, 2.75) is 64.7 Å². The SMILES string of the molecule is CC1=C[C@@H]2/C=C/C[C@H](C)C[C@@](C)(O)/C=C/[C@@H](O)[C@]23C(=O)N[C@@H](Cc2ccccc2)[C@@H]3[C@@H]1C. The lowest BCUT2D eigenvalue weighted by molar-refractivity contribution is -0.138. The Bertz CT molecular complexity index is 931. The number of nitrogens with one attached hydrogen (secondary N) is 1. The molecule has 2 aliphatic carbocycles. The van der Waals surface area contributed by atoms with Crippen molar-refractivity contribution >= 4 is 5.91 Å². The molecule has 1 aliphatic heterocycles. The summed E-state index contributed by atoms with van der Waals surface area (Å²) in [6.45, 7) is 8.23. The number of carbonyl (C=O) groups is 1. The smallest absolute Gasteiger partial charge is 0.230 e. The summed E-state index contributed by atoms with van der Waals surface area (Å²) in [5.74, 6) is 0.110. The highest BCUT2D eigenvalue weighted by Gasteiger charge is 2.64. The minimum Gasteiger partial charge on any atom is -0.388 e. The summed E-state index contributed by atoms with van der Waals surface area (Å²) in [4.78, 5) is 13.8. The van der Waals surface area contributed by atoms with Crippen molar-refractivity contribution in [1.82, 2.24) is 5.32 Å². The van der Waals surface area contributed by atoms with Crippen LogP contribution in [0.1, 0.15) is 46.1 Å². The molecular weight excluding hydrogens is 398 g/mol. The van der Waals surface area contributed by atoms with Crippen LogP contribution in [0.5, 0.6) is 0 Å². The molecular formula is C28H37NO3. The highest BCUT2D eigenvalue weighted by Crippen LogP contribution is 2.56. The van der Waals surface area contributed by atoms with Gasteiger partial charge >= 0.3 is 0 Å². The van der Waals surface area contributed by atoms with Gasteiger partial charge in [0.2, 0.25) is 5.91 Å². The summed E-state index contributed by atoms with van der Waals surface area (Å²) in [7, 11) is 0. The zero-order chi connectivity index (χ0) is 23.1. The summed E-state index contributed by atoms with van der Waals surface area (Å²) in [5.41, 5.74) is 0.431. The Kier molecular flexibility index (Phi) is 6.21. The Hall–Kier alpha value is -2.17. The molecule has 0 saturated carbocycles. The normalized spacial score (nSPS) is 43.8. The van der Waals surface area contributed by atoms with E-state index in [4.69, 9.17) is 0 Å². The van der Waals surface area contributed by atoms with Gasteiger partial charge in [0.05, 0.1) is 17.1 Å². The van der Waals surface area contributed by atoms with Gasteiger partial charge in [0, 0.05) is 17.9 Å². The lowest BCUT2D eigenvalue weighted by Crippen LogP contribution is -2.54. The summed E-state index contributed by atoms with van der Waals surface area (Å²) >= 11 is 0. The van der Waals surface area contributed by atoms with E-state index >= 15 is 0 Å². The predicted molar refractivity (Wildman–Crippen MR) is 128 cm³/mol. The van der Waals surface area contributed by atoms with Gasteiger partial charge in [0.25, 0.3) is 0 Å². The maximum Gasteiger partial charge on any atom is 0.230 e. The van der Waals surface area contributed by atoms with Crippen molar-refractivity contribution in [3.05, 3.63) is 71.8 Å². The van der Waals surface area contributed by atoms with E-state index < -0.39 is 17.1 Å². The number of aliphatic hydroxyl groups is 2. The second-order valence-electron chi connectivity index (χ2n) is 10.6. The summed E-state index contributed by atoms with van der Waals surface area (Å²) in [6.07, 6.45) is 11.0. The Morgan fingerprint density at radius 1 is 1.16 bits per heavy atom. The van der Waals surface area contributed by atoms with Gasteiger partial charge in [-0.15, -0.1) is 0 Å². The van der Waals surface area contributed by atoms with Gasteiger partial charge in [-0.3, -0.25) is 4.79 Å². The maximum absolute atomic E-state index is 13.8. The zero-order valence-corrected chi connectivity index (χ0v) is 19.7. The van der Waals surface area contributed by atoms with Crippen LogP contribution in [0.3, 0.4) is 0 Å². The number of aliphatic hydroxyl groups excluding tert-OH is 1. The average Bonchev–Trinajstić information content (AvgIpc) is 3.02. The Morgan fingerprint density at radius 3 is 2.59 bits per heavy atom. The van der Waals surface area contributed by atoms with E-state index in [0.717, 1.165) is 12.8 Å². The maximum atomic E-state index is 13.8. The molecule has 172 valence electrons. The fraction of sp³-hybridized carbons (Fsp3) is 0.536. The number of allylic oxidation sites excluding steroid dienone is 4. The largest absolute Gasteiger partial charge is 0.388 e. The Balaban J connectivity index is 1.83. The van der Waals surface area contributed by atoms with E-state index in [2.05, 4.69) is 56.4 Å².